The number of likely N-dealkylation sites (tertiary alicyclic amines) is 1. The summed E-state index contributed by atoms with van der Waals surface area (Å²) >= 11 is 0. The van der Waals surface area contributed by atoms with Gasteiger partial charge in [-0.15, -0.1) is 0 Å². The Balaban J connectivity index is 2.08. The van der Waals surface area contributed by atoms with Crippen LogP contribution in [0.25, 0.3) is 0 Å². The molecule has 2 N–H and O–H groups in total. The summed E-state index contributed by atoms with van der Waals surface area (Å²) in [5.74, 6) is 1.09. The van der Waals surface area contributed by atoms with Gasteiger partial charge in [0, 0.05) is 32.1 Å². The van der Waals surface area contributed by atoms with Gasteiger partial charge in [-0.2, -0.15) is 0 Å². The topological polar surface area (TPSA) is 56.7 Å². The SMILES string of the molecule is CCNC(=NCc1ccccc1CN1CCCC1=O)NC(C)C. The average Bonchev–Trinajstić information content (AvgIpc) is 2.91. The summed E-state index contributed by atoms with van der Waals surface area (Å²) in [6.45, 7) is 9.26. The molecule has 0 aliphatic carbocycles. The maximum absolute atomic E-state index is 11.8. The standard InChI is InChI=1S/C18H28N4O/c1-4-19-18(21-14(2)3)20-12-15-8-5-6-9-16(15)13-22-11-7-10-17(22)23/h5-6,8-9,14H,4,7,10-13H2,1-3H3,(H2,19,20,21). The molecular formula is C18H28N4O. The Morgan fingerprint density at radius 1 is 1.30 bits per heavy atom. The normalized spacial score (nSPS) is 15.4. The molecule has 1 aromatic rings. The zero-order valence-electron chi connectivity index (χ0n) is 14.4. The Kier molecular flexibility index (Phi) is 6.44. The van der Waals surface area contributed by atoms with Crippen LogP contribution >= 0.6 is 0 Å². The number of nitrogens with one attached hydrogen (secondary N) is 2. The second kappa shape index (κ2) is 8.56. The number of benzene rings is 1. The summed E-state index contributed by atoms with van der Waals surface area (Å²) in [6.07, 6.45) is 1.66. The molecule has 0 radical (unpaired) electrons. The molecule has 0 spiro atoms. The number of rotatable bonds is 6. The molecule has 1 aromatic carbocycles. The van der Waals surface area contributed by atoms with Crippen LogP contribution in [0.3, 0.4) is 0 Å². The van der Waals surface area contributed by atoms with Crippen molar-refractivity contribution in [3.63, 3.8) is 0 Å². The number of guanidine groups is 1. The van der Waals surface area contributed by atoms with Crippen LogP contribution in [0.4, 0.5) is 0 Å². The molecule has 0 atom stereocenters. The van der Waals surface area contributed by atoms with Crippen LogP contribution in [0.1, 0.15) is 44.7 Å². The van der Waals surface area contributed by atoms with Gasteiger partial charge >= 0.3 is 0 Å². The van der Waals surface area contributed by atoms with Crippen molar-refractivity contribution in [1.82, 2.24) is 15.5 Å². The van der Waals surface area contributed by atoms with Gasteiger partial charge in [-0.1, -0.05) is 24.3 Å². The third-order valence-electron chi connectivity index (χ3n) is 3.83. The van der Waals surface area contributed by atoms with Gasteiger partial charge in [0.1, 0.15) is 0 Å². The summed E-state index contributed by atoms with van der Waals surface area (Å²) in [7, 11) is 0. The maximum Gasteiger partial charge on any atom is 0.222 e. The fourth-order valence-corrected chi connectivity index (χ4v) is 2.70. The van der Waals surface area contributed by atoms with Crippen molar-refractivity contribution in [2.24, 2.45) is 4.99 Å². The molecule has 0 saturated carbocycles. The summed E-state index contributed by atoms with van der Waals surface area (Å²) < 4.78 is 0. The number of hydrogen-bond acceptors (Lipinski definition) is 2. The lowest BCUT2D eigenvalue weighted by atomic mass is 10.1. The molecule has 1 heterocycles. The zero-order valence-corrected chi connectivity index (χ0v) is 14.4. The van der Waals surface area contributed by atoms with Crippen LogP contribution in [0.5, 0.6) is 0 Å². The van der Waals surface area contributed by atoms with E-state index in [9.17, 15) is 4.79 Å². The number of amides is 1. The predicted molar refractivity (Wildman–Crippen MR) is 94.2 cm³/mol. The molecule has 5 heteroatoms. The first-order valence-corrected chi connectivity index (χ1v) is 8.49. The lowest BCUT2D eigenvalue weighted by Crippen LogP contribution is -2.41. The van der Waals surface area contributed by atoms with Crippen molar-refractivity contribution in [3.8, 4) is 0 Å². The lowest BCUT2D eigenvalue weighted by molar-refractivity contribution is -0.128. The molecule has 1 fully saturated rings. The molecule has 23 heavy (non-hydrogen) atoms. The van der Waals surface area contributed by atoms with Crippen molar-refractivity contribution in [2.75, 3.05) is 13.1 Å². The highest BCUT2D eigenvalue weighted by Crippen LogP contribution is 2.17. The van der Waals surface area contributed by atoms with Crippen molar-refractivity contribution in [1.29, 1.82) is 0 Å². The first-order chi connectivity index (χ1) is 11.1. The molecule has 1 saturated heterocycles. The van der Waals surface area contributed by atoms with Gasteiger partial charge in [0.2, 0.25) is 5.91 Å². The fraction of sp³-hybridized carbons (Fsp3) is 0.556. The van der Waals surface area contributed by atoms with E-state index in [1.807, 2.05) is 17.0 Å². The van der Waals surface area contributed by atoms with E-state index in [1.54, 1.807) is 0 Å². The average molecular weight is 316 g/mol. The highest BCUT2D eigenvalue weighted by Gasteiger charge is 2.20. The van der Waals surface area contributed by atoms with Gasteiger partial charge in [-0.3, -0.25) is 4.79 Å². The van der Waals surface area contributed by atoms with Crippen LogP contribution in [0, 0.1) is 0 Å². The molecule has 0 unspecified atom stereocenters. The number of aliphatic imine (C=N–C) groups is 1. The van der Waals surface area contributed by atoms with Crippen molar-refractivity contribution < 1.29 is 4.79 Å². The van der Waals surface area contributed by atoms with Crippen molar-refractivity contribution >= 4 is 11.9 Å². The number of carbonyl (C=O) groups is 1. The fourth-order valence-electron chi connectivity index (χ4n) is 2.70. The van der Waals surface area contributed by atoms with Crippen LogP contribution in [-0.4, -0.2) is 35.9 Å². The zero-order chi connectivity index (χ0) is 16.7. The molecule has 0 aromatic heterocycles. The molecule has 126 valence electrons. The summed E-state index contributed by atoms with van der Waals surface area (Å²) in [6, 6.07) is 8.59. The maximum atomic E-state index is 11.8. The second-order valence-corrected chi connectivity index (χ2v) is 6.18. The van der Waals surface area contributed by atoms with Crippen molar-refractivity contribution in [3.05, 3.63) is 35.4 Å². The van der Waals surface area contributed by atoms with Crippen LogP contribution < -0.4 is 10.6 Å². The number of carbonyl (C=O) groups excluding carboxylic acids is 1. The van der Waals surface area contributed by atoms with Gasteiger partial charge in [0.15, 0.2) is 5.96 Å². The molecular weight excluding hydrogens is 288 g/mol. The second-order valence-electron chi connectivity index (χ2n) is 6.18. The quantitative estimate of drug-likeness (QED) is 0.625. The first-order valence-electron chi connectivity index (χ1n) is 8.49. The predicted octanol–water partition coefficient (Wildman–Crippen LogP) is 2.27. The minimum Gasteiger partial charge on any atom is -0.357 e. The number of nitrogens with zero attached hydrogens (tertiary/aromatic N) is 2. The van der Waals surface area contributed by atoms with Crippen LogP contribution in [0.2, 0.25) is 0 Å². The highest BCUT2D eigenvalue weighted by molar-refractivity contribution is 5.80. The Labute approximate surface area is 139 Å². The summed E-state index contributed by atoms with van der Waals surface area (Å²) in [5.41, 5.74) is 2.36. The molecule has 5 nitrogen and oxygen atoms in total. The number of hydrogen-bond donors (Lipinski definition) is 2. The third-order valence-corrected chi connectivity index (χ3v) is 3.83. The third kappa shape index (κ3) is 5.27. The van der Waals surface area contributed by atoms with Gasteiger partial charge in [0.25, 0.3) is 0 Å². The Morgan fingerprint density at radius 2 is 2.04 bits per heavy atom. The molecule has 1 amide bonds. The van der Waals surface area contributed by atoms with E-state index in [1.165, 1.54) is 11.1 Å². The van der Waals surface area contributed by atoms with Crippen molar-refractivity contribution in [2.45, 2.75) is 52.7 Å². The minimum absolute atomic E-state index is 0.262. The Morgan fingerprint density at radius 3 is 2.65 bits per heavy atom. The minimum atomic E-state index is 0.262. The van der Waals surface area contributed by atoms with Crippen LogP contribution in [0.15, 0.2) is 29.3 Å². The molecule has 0 bridgehead atoms. The van der Waals surface area contributed by atoms with Crippen LogP contribution in [-0.2, 0) is 17.9 Å². The summed E-state index contributed by atoms with van der Waals surface area (Å²) in [4.78, 5) is 18.5. The van der Waals surface area contributed by atoms with Gasteiger partial charge in [-0.25, -0.2) is 4.99 Å². The van der Waals surface area contributed by atoms with E-state index in [0.717, 1.165) is 25.5 Å². The van der Waals surface area contributed by atoms with E-state index in [2.05, 4.69) is 48.5 Å². The molecule has 2 rings (SSSR count). The van der Waals surface area contributed by atoms with Gasteiger partial charge in [-0.05, 0) is 38.3 Å². The van der Waals surface area contributed by atoms with E-state index in [-0.39, 0.29) is 5.91 Å². The van der Waals surface area contributed by atoms with E-state index in [4.69, 9.17) is 0 Å². The van der Waals surface area contributed by atoms with E-state index in [0.29, 0.717) is 25.6 Å². The smallest absolute Gasteiger partial charge is 0.222 e. The van der Waals surface area contributed by atoms with Gasteiger partial charge in [0.05, 0.1) is 6.54 Å². The first kappa shape index (κ1) is 17.3. The monoisotopic (exact) mass is 316 g/mol. The highest BCUT2D eigenvalue weighted by atomic mass is 16.2. The molecule has 1 aliphatic rings. The van der Waals surface area contributed by atoms with Gasteiger partial charge < -0.3 is 15.5 Å². The summed E-state index contributed by atoms with van der Waals surface area (Å²) in [5, 5.41) is 6.58. The van der Waals surface area contributed by atoms with E-state index < -0.39 is 0 Å². The lowest BCUT2D eigenvalue weighted by Gasteiger charge is -2.18. The van der Waals surface area contributed by atoms with E-state index >= 15 is 0 Å². The Bertz CT molecular complexity index is 554. The largest absolute Gasteiger partial charge is 0.357 e. The Hall–Kier alpha value is -2.04. The molecule has 1 aliphatic heterocycles.